The molecule has 0 radical (unpaired) electrons. The highest BCUT2D eigenvalue weighted by molar-refractivity contribution is 5.91. The van der Waals surface area contributed by atoms with Crippen LogP contribution in [-0.4, -0.2) is 39.2 Å². The van der Waals surface area contributed by atoms with Gasteiger partial charge in [-0.3, -0.25) is 24.0 Å². The molecule has 0 saturated heterocycles. The standard InChI is InChI=1S/C23H26N6O2/c1-14-7-9-16(10-8-14)29-22(30)17(15(2)25-29)13-24-18-11-20-21(12-19(18)26(3)4)28(6)23(31)27(20)5/h7-13,25H,1-6H3. The van der Waals surface area contributed by atoms with Gasteiger partial charge in [-0.05, 0) is 38.1 Å². The third-order valence-corrected chi connectivity index (χ3v) is 5.59. The fourth-order valence-electron chi connectivity index (χ4n) is 3.71. The van der Waals surface area contributed by atoms with E-state index in [0.29, 0.717) is 11.3 Å². The molecule has 1 N–H and O–H groups in total. The van der Waals surface area contributed by atoms with Crippen LogP contribution in [0.5, 0.6) is 0 Å². The summed E-state index contributed by atoms with van der Waals surface area (Å²) in [5, 5.41) is 3.13. The van der Waals surface area contributed by atoms with Gasteiger partial charge in [0.1, 0.15) is 0 Å². The molecule has 0 unspecified atom stereocenters. The molecular formula is C23H26N6O2. The maximum atomic E-state index is 13.0. The summed E-state index contributed by atoms with van der Waals surface area (Å²) in [6, 6.07) is 11.6. The molecule has 0 atom stereocenters. The quantitative estimate of drug-likeness (QED) is 0.518. The van der Waals surface area contributed by atoms with Gasteiger partial charge < -0.3 is 4.90 Å². The van der Waals surface area contributed by atoms with Gasteiger partial charge in [-0.25, -0.2) is 9.48 Å². The zero-order valence-corrected chi connectivity index (χ0v) is 18.6. The SMILES string of the molecule is Cc1ccc(-n2[nH]c(C)c(C=Nc3cc4c(cc3N(C)C)n(C)c(=O)n4C)c2=O)cc1. The lowest BCUT2D eigenvalue weighted by molar-refractivity contribution is 0.795. The van der Waals surface area contributed by atoms with Crippen molar-refractivity contribution in [2.24, 2.45) is 19.1 Å². The van der Waals surface area contributed by atoms with E-state index in [4.69, 9.17) is 0 Å². The molecule has 4 aromatic rings. The van der Waals surface area contributed by atoms with E-state index in [1.165, 1.54) is 4.68 Å². The maximum absolute atomic E-state index is 13.0. The second kappa shape index (κ2) is 7.46. The van der Waals surface area contributed by atoms with E-state index >= 15 is 0 Å². The third-order valence-electron chi connectivity index (χ3n) is 5.59. The van der Waals surface area contributed by atoms with Crippen LogP contribution in [0.2, 0.25) is 0 Å². The molecule has 8 heteroatoms. The first-order chi connectivity index (χ1) is 14.7. The molecule has 0 aliphatic carbocycles. The van der Waals surface area contributed by atoms with Crippen molar-refractivity contribution in [2.75, 3.05) is 19.0 Å². The van der Waals surface area contributed by atoms with Crippen molar-refractivity contribution in [1.82, 2.24) is 18.9 Å². The van der Waals surface area contributed by atoms with Crippen LogP contribution in [0.3, 0.4) is 0 Å². The van der Waals surface area contributed by atoms with E-state index in [1.807, 2.05) is 69.2 Å². The van der Waals surface area contributed by atoms with Crippen LogP contribution < -0.4 is 16.1 Å². The lowest BCUT2D eigenvalue weighted by atomic mass is 10.2. The first-order valence-corrected chi connectivity index (χ1v) is 9.98. The normalized spacial score (nSPS) is 11.7. The van der Waals surface area contributed by atoms with Crippen LogP contribution in [0.15, 0.2) is 51.0 Å². The second-order valence-corrected chi connectivity index (χ2v) is 8.01. The fraction of sp³-hybridized carbons (Fsp3) is 0.261. The number of fused-ring (bicyclic) bond motifs is 1. The zero-order chi connectivity index (χ0) is 22.4. The number of rotatable bonds is 4. The van der Waals surface area contributed by atoms with E-state index in [1.54, 1.807) is 29.4 Å². The number of aromatic nitrogens is 4. The number of nitrogens with zero attached hydrogens (tertiary/aromatic N) is 5. The number of aliphatic imine (C=N–C) groups is 1. The van der Waals surface area contributed by atoms with Crippen LogP contribution >= 0.6 is 0 Å². The summed E-state index contributed by atoms with van der Waals surface area (Å²) >= 11 is 0. The Morgan fingerprint density at radius 1 is 0.968 bits per heavy atom. The molecule has 160 valence electrons. The summed E-state index contributed by atoms with van der Waals surface area (Å²) in [7, 11) is 7.34. The smallest absolute Gasteiger partial charge is 0.328 e. The van der Waals surface area contributed by atoms with Gasteiger partial charge >= 0.3 is 5.69 Å². The molecule has 2 aromatic carbocycles. The van der Waals surface area contributed by atoms with Crippen LogP contribution in [0.1, 0.15) is 16.8 Å². The number of aromatic amines is 1. The molecular weight excluding hydrogens is 392 g/mol. The molecule has 0 aliphatic rings. The first kappa shape index (κ1) is 20.5. The Labute approximate surface area is 179 Å². The molecule has 0 fully saturated rings. The van der Waals surface area contributed by atoms with E-state index in [-0.39, 0.29) is 11.2 Å². The molecule has 31 heavy (non-hydrogen) atoms. The summed E-state index contributed by atoms with van der Waals surface area (Å²) in [5.41, 5.74) is 6.02. The minimum Gasteiger partial charge on any atom is -0.376 e. The highest BCUT2D eigenvalue weighted by Gasteiger charge is 2.15. The summed E-state index contributed by atoms with van der Waals surface area (Å²) < 4.78 is 4.74. The number of hydrogen-bond donors (Lipinski definition) is 1. The van der Waals surface area contributed by atoms with Crippen molar-refractivity contribution in [3.8, 4) is 5.69 Å². The van der Waals surface area contributed by atoms with Crippen molar-refractivity contribution < 1.29 is 0 Å². The highest BCUT2D eigenvalue weighted by atomic mass is 16.1. The summed E-state index contributed by atoms with van der Waals surface area (Å²) in [5.74, 6) is 0. The fourth-order valence-corrected chi connectivity index (χ4v) is 3.71. The molecule has 8 nitrogen and oxygen atoms in total. The first-order valence-electron chi connectivity index (χ1n) is 9.98. The molecule has 0 aliphatic heterocycles. The molecule has 2 heterocycles. The van der Waals surface area contributed by atoms with Crippen molar-refractivity contribution in [3.05, 3.63) is 74.1 Å². The second-order valence-electron chi connectivity index (χ2n) is 8.01. The van der Waals surface area contributed by atoms with Crippen LogP contribution in [-0.2, 0) is 14.1 Å². The number of H-pyrrole nitrogens is 1. The third kappa shape index (κ3) is 3.39. The number of nitrogens with one attached hydrogen (secondary N) is 1. The van der Waals surface area contributed by atoms with Gasteiger partial charge in [-0.15, -0.1) is 0 Å². The minimum atomic E-state index is -0.162. The van der Waals surface area contributed by atoms with Crippen molar-refractivity contribution in [2.45, 2.75) is 13.8 Å². The number of hydrogen-bond acceptors (Lipinski definition) is 4. The Morgan fingerprint density at radius 3 is 2.19 bits per heavy atom. The van der Waals surface area contributed by atoms with Crippen molar-refractivity contribution >= 4 is 28.6 Å². The molecule has 0 spiro atoms. The number of aryl methyl sites for hydroxylation is 4. The van der Waals surface area contributed by atoms with E-state index in [9.17, 15) is 9.59 Å². The predicted octanol–water partition coefficient (Wildman–Crippen LogP) is 2.79. The van der Waals surface area contributed by atoms with Gasteiger partial charge in [0.2, 0.25) is 0 Å². The van der Waals surface area contributed by atoms with Gasteiger partial charge in [-0.2, -0.15) is 0 Å². The summed E-state index contributed by atoms with van der Waals surface area (Å²) in [6.07, 6.45) is 1.59. The number of imidazole rings is 1. The average molecular weight is 419 g/mol. The monoisotopic (exact) mass is 418 g/mol. The van der Waals surface area contributed by atoms with Gasteiger partial charge in [0.05, 0.1) is 33.7 Å². The molecule has 2 aromatic heterocycles. The molecule has 0 amide bonds. The number of anilines is 1. The average Bonchev–Trinajstić information content (AvgIpc) is 3.14. The van der Waals surface area contributed by atoms with Crippen molar-refractivity contribution in [1.29, 1.82) is 0 Å². The van der Waals surface area contributed by atoms with E-state index < -0.39 is 0 Å². The minimum absolute atomic E-state index is 0.0942. The maximum Gasteiger partial charge on any atom is 0.328 e. The Hall–Kier alpha value is -3.81. The summed E-state index contributed by atoms with van der Waals surface area (Å²) in [4.78, 5) is 31.9. The Kier molecular flexibility index (Phi) is 4.93. The molecule has 0 bridgehead atoms. The molecule has 4 rings (SSSR count). The summed E-state index contributed by atoms with van der Waals surface area (Å²) in [6.45, 7) is 3.86. The highest BCUT2D eigenvalue weighted by Crippen LogP contribution is 2.32. The lowest BCUT2D eigenvalue weighted by Gasteiger charge is -2.15. The van der Waals surface area contributed by atoms with Crippen LogP contribution in [0, 0.1) is 13.8 Å². The van der Waals surface area contributed by atoms with Crippen molar-refractivity contribution in [3.63, 3.8) is 0 Å². The predicted molar refractivity (Wildman–Crippen MR) is 126 cm³/mol. The zero-order valence-electron chi connectivity index (χ0n) is 18.6. The van der Waals surface area contributed by atoms with Crippen LogP contribution in [0.25, 0.3) is 16.7 Å². The van der Waals surface area contributed by atoms with Gasteiger partial charge in [0.25, 0.3) is 5.56 Å². The van der Waals surface area contributed by atoms with E-state index in [2.05, 4.69) is 10.1 Å². The van der Waals surface area contributed by atoms with Crippen LogP contribution in [0.4, 0.5) is 11.4 Å². The van der Waals surface area contributed by atoms with E-state index in [0.717, 1.165) is 33.7 Å². The van der Waals surface area contributed by atoms with Gasteiger partial charge in [0, 0.05) is 40.1 Å². The van der Waals surface area contributed by atoms with Gasteiger partial charge in [-0.1, -0.05) is 17.7 Å². The molecule has 0 saturated carbocycles. The largest absolute Gasteiger partial charge is 0.376 e. The topological polar surface area (TPSA) is 80.3 Å². The Bertz CT molecular complexity index is 1430. The van der Waals surface area contributed by atoms with Gasteiger partial charge in [0.15, 0.2) is 0 Å². The Morgan fingerprint density at radius 2 is 1.58 bits per heavy atom. The lowest BCUT2D eigenvalue weighted by Crippen LogP contribution is -2.19. The number of benzene rings is 2. The Balaban J connectivity index is 1.83.